The maximum Gasteiger partial charge on any atom is 0.265 e. The predicted octanol–water partition coefficient (Wildman–Crippen LogP) is 0.438. The van der Waals surface area contributed by atoms with Crippen molar-refractivity contribution in [2.24, 2.45) is 18.5 Å². The first-order valence-electron chi connectivity index (χ1n) is 7.06. The Hall–Kier alpha value is -1.09. The predicted molar refractivity (Wildman–Crippen MR) is 86.4 cm³/mol. The van der Waals surface area contributed by atoms with Crippen LogP contribution in [0.15, 0.2) is 17.2 Å². The minimum absolute atomic E-state index is 0. The number of piperidine rings is 1. The van der Waals surface area contributed by atoms with Gasteiger partial charge in [-0.15, -0.1) is 12.4 Å². The first-order valence-corrected chi connectivity index (χ1v) is 8.50. The van der Waals surface area contributed by atoms with E-state index in [0.717, 1.165) is 19.3 Å². The molecule has 1 unspecified atom stereocenters. The summed E-state index contributed by atoms with van der Waals surface area (Å²) in [6, 6.07) is 1.28. The topological polar surface area (TPSA) is 111 Å². The zero-order chi connectivity index (χ0) is 15.6. The number of nitrogens with two attached hydrogens (primary N) is 2. The Kier molecular flexibility index (Phi) is 6.42. The molecule has 0 saturated carbocycles. The lowest BCUT2D eigenvalue weighted by atomic mass is 10.0. The zero-order valence-electron chi connectivity index (χ0n) is 12.6. The van der Waals surface area contributed by atoms with Gasteiger partial charge in [0.2, 0.25) is 10.0 Å². The molecule has 1 aromatic heterocycles. The third kappa shape index (κ3) is 3.62. The standard InChI is InChI=1S/C13H22N4O3S.ClH/c1-16-9-11(8-12(16)13(15)18)21(19,20)17-7-3-2-4-10(17)5-6-14;/h8-10H,2-7,14H2,1H3,(H2,15,18);1H. The van der Waals surface area contributed by atoms with E-state index in [-0.39, 0.29) is 29.0 Å². The number of nitrogens with zero attached hydrogens (tertiary/aromatic N) is 2. The van der Waals surface area contributed by atoms with E-state index in [1.807, 2.05) is 0 Å². The molecule has 1 aromatic rings. The highest BCUT2D eigenvalue weighted by Crippen LogP contribution is 2.27. The highest BCUT2D eigenvalue weighted by atomic mass is 35.5. The Balaban J connectivity index is 0.00000242. The lowest BCUT2D eigenvalue weighted by Gasteiger charge is -2.34. The molecule has 22 heavy (non-hydrogen) atoms. The van der Waals surface area contributed by atoms with Crippen molar-refractivity contribution in [1.29, 1.82) is 0 Å². The molecule has 0 spiro atoms. The van der Waals surface area contributed by atoms with Gasteiger partial charge < -0.3 is 16.0 Å². The van der Waals surface area contributed by atoms with Gasteiger partial charge in [-0.2, -0.15) is 4.31 Å². The lowest BCUT2D eigenvalue weighted by molar-refractivity contribution is 0.0992. The van der Waals surface area contributed by atoms with Gasteiger partial charge in [0.15, 0.2) is 0 Å². The average molecular weight is 351 g/mol. The Morgan fingerprint density at radius 3 is 2.64 bits per heavy atom. The van der Waals surface area contributed by atoms with Gasteiger partial charge in [-0.25, -0.2) is 8.42 Å². The second kappa shape index (κ2) is 7.45. The molecule has 1 amide bonds. The average Bonchev–Trinajstić information content (AvgIpc) is 2.82. The Morgan fingerprint density at radius 1 is 1.41 bits per heavy atom. The van der Waals surface area contributed by atoms with Gasteiger partial charge >= 0.3 is 0 Å². The van der Waals surface area contributed by atoms with Gasteiger partial charge in [-0.3, -0.25) is 4.79 Å². The summed E-state index contributed by atoms with van der Waals surface area (Å²) in [4.78, 5) is 11.4. The van der Waals surface area contributed by atoms with Crippen molar-refractivity contribution in [3.05, 3.63) is 18.0 Å². The molecule has 126 valence electrons. The third-order valence-electron chi connectivity index (χ3n) is 3.91. The minimum Gasteiger partial charge on any atom is -0.364 e. The molecular formula is C13H23ClN4O3S. The van der Waals surface area contributed by atoms with Gasteiger partial charge in [-0.05, 0) is 31.9 Å². The Bertz CT molecular complexity index is 627. The van der Waals surface area contributed by atoms with E-state index in [1.165, 1.54) is 21.1 Å². The van der Waals surface area contributed by atoms with Gasteiger partial charge in [0, 0.05) is 25.8 Å². The van der Waals surface area contributed by atoms with Crippen LogP contribution in [-0.2, 0) is 17.1 Å². The summed E-state index contributed by atoms with van der Waals surface area (Å²) < 4.78 is 28.5. The molecule has 1 atom stereocenters. The van der Waals surface area contributed by atoms with Crippen LogP contribution in [0.3, 0.4) is 0 Å². The molecule has 0 radical (unpaired) electrons. The van der Waals surface area contributed by atoms with E-state index >= 15 is 0 Å². The zero-order valence-corrected chi connectivity index (χ0v) is 14.2. The number of aromatic nitrogens is 1. The highest BCUT2D eigenvalue weighted by molar-refractivity contribution is 7.89. The minimum atomic E-state index is -3.62. The second-order valence-electron chi connectivity index (χ2n) is 5.38. The summed E-state index contributed by atoms with van der Waals surface area (Å²) in [7, 11) is -2.02. The normalized spacial score (nSPS) is 19.6. The van der Waals surface area contributed by atoms with E-state index in [9.17, 15) is 13.2 Å². The number of rotatable bonds is 5. The van der Waals surface area contributed by atoms with Crippen molar-refractivity contribution in [2.45, 2.75) is 36.6 Å². The number of aryl methyl sites for hydroxylation is 1. The number of carbonyl (C=O) groups excluding carboxylic acids is 1. The van der Waals surface area contributed by atoms with Gasteiger partial charge in [0.05, 0.1) is 0 Å². The van der Waals surface area contributed by atoms with Crippen LogP contribution in [0.2, 0.25) is 0 Å². The van der Waals surface area contributed by atoms with Crippen molar-refractivity contribution >= 4 is 28.3 Å². The lowest BCUT2D eigenvalue weighted by Crippen LogP contribution is -2.44. The van der Waals surface area contributed by atoms with Crippen molar-refractivity contribution in [2.75, 3.05) is 13.1 Å². The molecular weight excluding hydrogens is 328 g/mol. The van der Waals surface area contributed by atoms with Crippen LogP contribution in [-0.4, -0.2) is 42.3 Å². The third-order valence-corrected chi connectivity index (χ3v) is 5.83. The quantitative estimate of drug-likeness (QED) is 0.802. The monoisotopic (exact) mass is 350 g/mol. The summed E-state index contributed by atoms with van der Waals surface area (Å²) in [5.41, 5.74) is 11.0. The van der Waals surface area contributed by atoms with Crippen LogP contribution in [0.25, 0.3) is 0 Å². The van der Waals surface area contributed by atoms with E-state index in [2.05, 4.69) is 0 Å². The Morgan fingerprint density at radius 2 is 2.09 bits per heavy atom. The van der Waals surface area contributed by atoms with Crippen molar-refractivity contribution in [3.8, 4) is 0 Å². The van der Waals surface area contributed by atoms with E-state index < -0.39 is 15.9 Å². The number of sulfonamides is 1. The fourth-order valence-corrected chi connectivity index (χ4v) is 4.62. The molecule has 9 heteroatoms. The van der Waals surface area contributed by atoms with Gasteiger partial charge in [-0.1, -0.05) is 6.42 Å². The van der Waals surface area contributed by atoms with E-state index in [1.54, 1.807) is 7.05 Å². The summed E-state index contributed by atoms with van der Waals surface area (Å²) >= 11 is 0. The van der Waals surface area contributed by atoms with Crippen LogP contribution in [0.4, 0.5) is 0 Å². The first kappa shape index (κ1) is 19.0. The second-order valence-corrected chi connectivity index (χ2v) is 7.27. The van der Waals surface area contributed by atoms with Crippen LogP contribution < -0.4 is 11.5 Å². The smallest absolute Gasteiger partial charge is 0.265 e. The van der Waals surface area contributed by atoms with E-state index in [4.69, 9.17) is 11.5 Å². The fourth-order valence-electron chi connectivity index (χ4n) is 2.83. The van der Waals surface area contributed by atoms with Crippen LogP contribution >= 0.6 is 12.4 Å². The fraction of sp³-hybridized carbons (Fsp3) is 0.615. The summed E-state index contributed by atoms with van der Waals surface area (Å²) in [6.07, 6.45) is 4.76. The summed E-state index contributed by atoms with van der Waals surface area (Å²) in [5.74, 6) is -0.642. The molecule has 0 bridgehead atoms. The van der Waals surface area contributed by atoms with E-state index in [0.29, 0.717) is 19.5 Å². The van der Waals surface area contributed by atoms with Gasteiger partial charge in [0.25, 0.3) is 5.91 Å². The van der Waals surface area contributed by atoms with Crippen LogP contribution in [0.1, 0.15) is 36.2 Å². The van der Waals surface area contributed by atoms with Crippen LogP contribution in [0.5, 0.6) is 0 Å². The van der Waals surface area contributed by atoms with Crippen LogP contribution in [0, 0.1) is 0 Å². The molecule has 1 saturated heterocycles. The SMILES string of the molecule is Cl.Cn1cc(S(=O)(=O)N2CCCCC2CCN)cc1C(N)=O. The number of hydrogen-bond donors (Lipinski definition) is 2. The maximum absolute atomic E-state index is 12.8. The molecule has 0 aliphatic carbocycles. The van der Waals surface area contributed by atoms with Crippen molar-refractivity contribution < 1.29 is 13.2 Å². The largest absolute Gasteiger partial charge is 0.364 e. The molecule has 2 heterocycles. The van der Waals surface area contributed by atoms with Crippen molar-refractivity contribution in [1.82, 2.24) is 8.87 Å². The maximum atomic E-state index is 12.8. The molecule has 1 fully saturated rings. The summed E-state index contributed by atoms with van der Waals surface area (Å²) in [5, 5.41) is 0. The first-order chi connectivity index (χ1) is 9.87. The number of primary amides is 1. The van der Waals surface area contributed by atoms with Gasteiger partial charge in [0.1, 0.15) is 10.6 Å². The number of amides is 1. The number of halogens is 1. The highest BCUT2D eigenvalue weighted by Gasteiger charge is 2.34. The molecule has 1 aliphatic heterocycles. The summed E-state index contributed by atoms with van der Waals surface area (Å²) in [6.45, 7) is 0.950. The number of carbonyl (C=O) groups is 1. The van der Waals surface area contributed by atoms with Crippen molar-refractivity contribution in [3.63, 3.8) is 0 Å². The molecule has 0 aromatic carbocycles. The molecule has 7 nitrogen and oxygen atoms in total. The molecule has 2 rings (SSSR count). The Labute approximate surface area is 137 Å². The molecule has 4 N–H and O–H groups in total. The number of hydrogen-bond acceptors (Lipinski definition) is 4. The molecule has 1 aliphatic rings.